The molecule has 2 aromatic carbocycles. The average Bonchev–Trinajstić information content (AvgIpc) is 2.55. The van der Waals surface area contributed by atoms with Crippen LogP contribution in [0.5, 0.6) is 11.5 Å². The number of carbonyl (C=O) groups is 1. The van der Waals surface area contributed by atoms with E-state index in [1.165, 1.54) is 0 Å². The molecule has 0 radical (unpaired) electrons. The summed E-state index contributed by atoms with van der Waals surface area (Å²) in [6.07, 6.45) is 0.740. The lowest BCUT2D eigenvalue weighted by atomic mass is 10.1. The van der Waals surface area contributed by atoms with Gasteiger partial charge in [-0.1, -0.05) is 29.8 Å². The molecule has 0 saturated carbocycles. The van der Waals surface area contributed by atoms with Crippen LogP contribution in [0.25, 0.3) is 0 Å². The number of methoxy groups -OCH3 is 1. The molecular weight excluding hydrogens is 328 g/mol. The van der Waals surface area contributed by atoms with Crippen LogP contribution in [0.15, 0.2) is 42.5 Å². The highest BCUT2D eigenvalue weighted by Gasteiger charge is 2.10. The molecule has 0 aliphatic carbocycles. The molecule has 0 heterocycles. The highest BCUT2D eigenvalue weighted by atomic mass is 35.5. The number of amides is 1. The summed E-state index contributed by atoms with van der Waals surface area (Å²) in [5.74, 6) is 0.767. The van der Waals surface area contributed by atoms with Gasteiger partial charge in [0.2, 0.25) is 0 Å². The Kier molecular flexibility index (Phi) is 6.46. The molecule has 0 aliphatic heterocycles. The first-order chi connectivity index (χ1) is 11.5. The molecule has 3 N–H and O–H groups in total. The summed E-state index contributed by atoms with van der Waals surface area (Å²) in [4.78, 5) is 12.0. The van der Waals surface area contributed by atoms with Gasteiger partial charge in [-0.2, -0.15) is 0 Å². The van der Waals surface area contributed by atoms with Gasteiger partial charge in [0.25, 0.3) is 5.91 Å². The smallest absolute Gasteiger partial charge is 0.262 e. The van der Waals surface area contributed by atoms with E-state index in [1.807, 2.05) is 19.1 Å². The van der Waals surface area contributed by atoms with Gasteiger partial charge in [-0.15, -0.1) is 0 Å². The number of carbonyl (C=O) groups excluding carboxylic acids is 1. The number of benzene rings is 2. The Labute approximate surface area is 146 Å². The second-order valence-electron chi connectivity index (χ2n) is 5.48. The van der Waals surface area contributed by atoms with Crippen molar-refractivity contribution in [1.29, 1.82) is 0 Å². The molecule has 128 valence electrons. The summed E-state index contributed by atoms with van der Waals surface area (Å²) >= 11 is 6.01. The Hall–Kier alpha value is -2.24. The van der Waals surface area contributed by atoms with Gasteiger partial charge in [0.15, 0.2) is 18.1 Å². The Balaban J connectivity index is 1.98. The molecule has 0 aliphatic rings. The number of anilines is 1. The van der Waals surface area contributed by atoms with E-state index in [0.717, 1.165) is 12.0 Å². The van der Waals surface area contributed by atoms with E-state index in [1.54, 1.807) is 37.4 Å². The summed E-state index contributed by atoms with van der Waals surface area (Å²) in [6, 6.07) is 12.6. The molecule has 0 fully saturated rings. The van der Waals surface area contributed by atoms with Crippen molar-refractivity contribution in [1.82, 2.24) is 0 Å². The molecule has 5 nitrogen and oxygen atoms in total. The van der Waals surface area contributed by atoms with Gasteiger partial charge in [0.1, 0.15) is 0 Å². The van der Waals surface area contributed by atoms with Gasteiger partial charge >= 0.3 is 0 Å². The van der Waals surface area contributed by atoms with E-state index in [9.17, 15) is 4.79 Å². The van der Waals surface area contributed by atoms with Gasteiger partial charge < -0.3 is 20.5 Å². The van der Waals surface area contributed by atoms with Crippen LogP contribution in [-0.2, 0) is 11.2 Å². The molecule has 2 rings (SSSR count). The number of ether oxygens (including phenoxy) is 2. The lowest BCUT2D eigenvalue weighted by Gasteiger charge is -2.13. The largest absolute Gasteiger partial charge is 0.493 e. The van der Waals surface area contributed by atoms with Crippen LogP contribution >= 0.6 is 11.6 Å². The summed E-state index contributed by atoms with van der Waals surface area (Å²) in [5.41, 5.74) is 7.40. The van der Waals surface area contributed by atoms with Gasteiger partial charge in [-0.25, -0.2) is 0 Å². The Morgan fingerprint density at radius 1 is 1.25 bits per heavy atom. The fourth-order valence-electron chi connectivity index (χ4n) is 2.22. The number of rotatable bonds is 7. The zero-order valence-corrected chi connectivity index (χ0v) is 14.5. The summed E-state index contributed by atoms with van der Waals surface area (Å²) in [6.45, 7) is 1.80. The maximum absolute atomic E-state index is 12.0. The summed E-state index contributed by atoms with van der Waals surface area (Å²) < 4.78 is 10.9. The Bertz CT molecular complexity index is 704. The van der Waals surface area contributed by atoms with Crippen LogP contribution in [0.4, 0.5) is 5.69 Å². The normalized spacial score (nSPS) is 11.7. The first-order valence-corrected chi connectivity index (χ1v) is 7.97. The second kappa shape index (κ2) is 8.57. The molecule has 6 heteroatoms. The van der Waals surface area contributed by atoms with E-state index < -0.39 is 0 Å². The zero-order chi connectivity index (χ0) is 17.5. The van der Waals surface area contributed by atoms with Crippen molar-refractivity contribution >= 4 is 23.2 Å². The van der Waals surface area contributed by atoms with Crippen molar-refractivity contribution in [2.75, 3.05) is 19.0 Å². The number of hydrogen-bond donors (Lipinski definition) is 2. The van der Waals surface area contributed by atoms with E-state index >= 15 is 0 Å². The van der Waals surface area contributed by atoms with Crippen molar-refractivity contribution in [2.45, 2.75) is 19.4 Å². The number of hydrogen-bond acceptors (Lipinski definition) is 4. The number of nitrogens with one attached hydrogen (secondary N) is 1. The van der Waals surface area contributed by atoms with Crippen LogP contribution < -0.4 is 20.5 Å². The highest BCUT2D eigenvalue weighted by Crippen LogP contribution is 2.28. The number of halogens is 1. The lowest BCUT2D eigenvalue weighted by Crippen LogP contribution is -2.20. The minimum atomic E-state index is -0.301. The minimum Gasteiger partial charge on any atom is -0.493 e. The first kappa shape index (κ1) is 18.1. The molecule has 24 heavy (non-hydrogen) atoms. The quantitative estimate of drug-likeness (QED) is 0.805. The van der Waals surface area contributed by atoms with Gasteiger partial charge in [-0.3, -0.25) is 4.79 Å². The molecule has 0 aromatic heterocycles. The maximum atomic E-state index is 12.0. The standard InChI is InChI=1S/C18H21ClN2O3/c1-12(20)9-13-7-8-16(17(10-13)23-2)24-11-18(22)21-15-6-4-3-5-14(15)19/h3-8,10,12H,9,11,20H2,1-2H3,(H,21,22). The van der Waals surface area contributed by atoms with Crippen LogP contribution in [-0.4, -0.2) is 25.7 Å². The Morgan fingerprint density at radius 3 is 2.67 bits per heavy atom. The van der Waals surface area contributed by atoms with E-state index in [2.05, 4.69) is 5.32 Å². The highest BCUT2D eigenvalue weighted by molar-refractivity contribution is 6.33. The molecule has 0 bridgehead atoms. The van der Waals surface area contributed by atoms with Crippen molar-refractivity contribution in [2.24, 2.45) is 5.73 Å². The van der Waals surface area contributed by atoms with Crippen molar-refractivity contribution in [3.05, 3.63) is 53.1 Å². The molecule has 2 aromatic rings. The summed E-state index contributed by atoms with van der Waals surface area (Å²) in [7, 11) is 1.56. The van der Waals surface area contributed by atoms with E-state index in [-0.39, 0.29) is 18.6 Å². The zero-order valence-electron chi connectivity index (χ0n) is 13.7. The molecule has 1 atom stereocenters. The van der Waals surface area contributed by atoms with Crippen molar-refractivity contribution in [3.63, 3.8) is 0 Å². The predicted molar refractivity (Wildman–Crippen MR) is 95.9 cm³/mol. The molecule has 1 amide bonds. The summed E-state index contributed by atoms with van der Waals surface area (Å²) in [5, 5.41) is 3.18. The van der Waals surface area contributed by atoms with Crippen LogP contribution in [0.1, 0.15) is 12.5 Å². The fraction of sp³-hybridized carbons (Fsp3) is 0.278. The second-order valence-corrected chi connectivity index (χ2v) is 5.89. The van der Waals surface area contributed by atoms with Gasteiger partial charge in [-0.05, 0) is 43.2 Å². The molecule has 0 saturated heterocycles. The third-order valence-electron chi connectivity index (χ3n) is 3.29. The Morgan fingerprint density at radius 2 is 2.00 bits per heavy atom. The van der Waals surface area contributed by atoms with Crippen LogP contribution in [0.2, 0.25) is 5.02 Å². The van der Waals surface area contributed by atoms with Gasteiger partial charge in [0, 0.05) is 6.04 Å². The SMILES string of the molecule is COc1cc(CC(C)N)ccc1OCC(=O)Nc1ccccc1Cl. The maximum Gasteiger partial charge on any atom is 0.262 e. The topological polar surface area (TPSA) is 73.6 Å². The van der Waals surface area contributed by atoms with Crippen molar-refractivity contribution in [3.8, 4) is 11.5 Å². The number of nitrogens with two attached hydrogens (primary N) is 1. The average molecular weight is 349 g/mol. The van der Waals surface area contributed by atoms with E-state index in [0.29, 0.717) is 22.2 Å². The first-order valence-electron chi connectivity index (χ1n) is 7.59. The third-order valence-corrected chi connectivity index (χ3v) is 3.62. The lowest BCUT2D eigenvalue weighted by molar-refractivity contribution is -0.118. The molecular formula is C18H21ClN2O3. The predicted octanol–water partition coefficient (Wildman–Crippen LogP) is 3.26. The molecule has 1 unspecified atom stereocenters. The molecule has 0 spiro atoms. The minimum absolute atomic E-state index is 0.0582. The van der Waals surface area contributed by atoms with Crippen molar-refractivity contribution < 1.29 is 14.3 Å². The van der Waals surface area contributed by atoms with Crippen LogP contribution in [0, 0.1) is 0 Å². The van der Waals surface area contributed by atoms with Crippen LogP contribution in [0.3, 0.4) is 0 Å². The third kappa shape index (κ3) is 5.15. The van der Waals surface area contributed by atoms with Gasteiger partial charge in [0.05, 0.1) is 17.8 Å². The number of para-hydroxylation sites is 1. The fourth-order valence-corrected chi connectivity index (χ4v) is 2.41. The monoisotopic (exact) mass is 348 g/mol. The van der Waals surface area contributed by atoms with E-state index in [4.69, 9.17) is 26.8 Å².